The SMILES string of the molecule is CCOC(=O)C1=N/C(=C(/c2ccccc2C(OC)C(F)(F)F)c2[nH]c(C(=O)OCC)c(C)c2C)C(C)=C1C. The number of H-pyrrole nitrogens is 1. The van der Waals surface area contributed by atoms with Gasteiger partial charge in [-0.2, -0.15) is 13.2 Å². The van der Waals surface area contributed by atoms with Crippen LogP contribution in [0.5, 0.6) is 0 Å². The maximum absolute atomic E-state index is 14.1. The maximum Gasteiger partial charge on any atom is 0.418 e. The van der Waals surface area contributed by atoms with Gasteiger partial charge >= 0.3 is 18.1 Å². The summed E-state index contributed by atoms with van der Waals surface area (Å²) < 4.78 is 57.4. The Balaban J connectivity index is 2.45. The fourth-order valence-electron chi connectivity index (χ4n) is 4.39. The number of rotatable bonds is 8. The molecular weight excluding hydrogens is 501 g/mol. The minimum atomic E-state index is -4.70. The number of esters is 2. The first-order valence-corrected chi connectivity index (χ1v) is 12.1. The Morgan fingerprint density at radius 2 is 1.50 bits per heavy atom. The Morgan fingerprint density at radius 1 is 0.921 bits per heavy atom. The Bertz CT molecular complexity index is 1350. The van der Waals surface area contributed by atoms with Gasteiger partial charge in [0.2, 0.25) is 0 Å². The number of nitrogens with one attached hydrogen (secondary N) is 1. The molecular formula is C28H31F3N2O5. The highest BCUT2D eigenvalue weighted by Gasteiger charge is 2.43. The number of ether oxygens (including phenoxy) is 3. The van der Waals surface area contributed by atoms with Crippen LogP contribution in [0.15, 0.2) is 46.1 Å². The third-order valence-electron chi connectivity index (χ3n) is 6.54. The topological polar surface area (TPSA) is 90.0 Å². The summed E-state index contributed by atoms with van der Waals surface area (Å²) in [5.41, 5.74) is 3.59. The van der Waals surface area contributed by atoms with E-state index in [9.17, 15) is 22.8 Å². The van der Waals surface area contributed by atoms with E-state index < -0.39 is 24.2 Å². The van der Waals surface area contributed by atoms with E-state index in [1.54, 1.807) is 47.6 Å². The number of halogens is 3. The Kier molecular flexibility index (Phi) is 8.66. The van der Waals surface area contributed by atoms with Crippen LogP contribution in [0.25, 0.3) is 5.57 Å². The molecule has 0 fully saturated rings. The van der Waals surface area contributed by atoms with Crippen molar-refractivity contribution < 1.29 is 37.0 Å². The molecule has 2 heterocycles. The summed E-state index contributed by atoms with van der Waals surface area (Å²) in [6, 6.07) is 5.98. The summed E-state index contributed by atoms with van der Waals surface area (Å²) in [5.74, 6) is -1.23. The second-order valence-corrected chi connectivity index (χ2v) is 8.74. The molecule has 0 saturated carbocycles. The first-order valence-electron chi connectivity index (χ1n) is 12.1. The third-order valence-corrected chi connectivity index (χ3v) is 6.54. The van der Waals surface area contributed by atoms with Gasteiger partial charge < -0.3 is 19.2 Å². The summed E-state index contributed by atoms with van der Waals surface area (Å²) in [4.78, 5) is 32.9. The number of hydrogen-bond acceptors (Lipinski definition) is 6. The van der Waals surface area contributed by atoms with Crippen molar-refractivity contribution in [3.8, 4) is 0 Å². The Morgan fingerprint density at radius 3 is 2.08 bits per heavy atom. The molecule has 1 aromatic carbocycles. The maximum atomic E-state index is 14.1. The van der Waals surface area contributed by atoms with E-state index in [-0.39, 0.29) is 41.4 Å². The molecule has 1 aromatic heterocycles. The molecule has 204 valence electrons. The van der Waals surface area contributed by atoms with E-state index in [0.29, 0.717) is 33.5 Å². The predicted molar refractivity (Wildman–Crippen MR) is 137 cm³/mol. The number of alkyl halides is 3. The number of allylic oxidation sites excluding steroid dienone is 1. The van der Waals surface area contributed by atoms with Crippen LogP contribution in [0.4, 0.5) is 13.2 Å². The van der Waals surface area contributed by atoms with Crippen molar-refractivity contribution in [2.45, 2.75) is 53.8 Å². The highest BCUT2D eigenvalue weighted by atomic mass is 19.4. The lowest BCUT2D eigenvalue weighted by Crippen LogP contribution is -2.23. The largest absolute Gasteiger partial charge is 0.461 e. The van der Waals surface area contributed by atoms with Gasteiger partial charge in [-0.25, -0.2) is 14.6 Å². The first-order chi connectivity index (χ1) is 17.9. The lowest BCUT2D eigenvalue weighted by Gasteiger charge is -2.23. The van der Waals surface area contributed by atoms with Gasteiger partial charge in [0.05, 0.1) is 24.6 Å². The number of methoxy groups -OCH3 is 1. The van der Waals surface area contributed by atoms with Crippen molar-refractivity contribution >= 4 is 23.2 Å². The average Bonchev–Trinajstić information content (AvgIpc) is 3.31. The van der Waals surface area contributed by atoms with Crippen LogP contribution in [0, 0.1) is 13.8 Å². The summed E-state index contributed by atoms with van der Waals surface area (Å²) >= 11 is 0. The van der Waals surface area contributed by atoms with Crippen LogP contribution in [0.1, 0.15) is 72.2 Å². The minimum Gasteiger partial charge on any atom is -0.461 e. The van der Waals surface area contributed by atoms with Crippen LogP contribution in [-0.2, 0) is 19.0 Å². The zero-order chi connectivity index (χ0) is 28.4. The second kappa shape index (κ2) is 11.4. The molecule has 1 aliphatic rings. The van der Waals surface area contributed by atoms with Crippen molar-refractivity contribution in [1.29, 1.82) is 0 Å². The molecule has 1 aliphatic heterocycles. The van der Waals surface area contributed by atoms with Gasteiger partial charge in [0, 0.05) is 12.7 Å². The fraction of sp³-hybridized carbons (Fsp3) is 0.393. The predicted octanol–water partition coefficient (Wildman–Crippen LogP) is 6.17. The van der Waals surface area contributed by atoms with Gasteiger partial charge in [0.15, 0.2) is 11.8 Å². The van der Waals surface area contributed by atoms with Crippen LogP contribution in [0.3, 0.4) is 0 Å². The Hall–Kier alpha value is -3.66. The van der Waals surface area contributed by atoms with Gasteiger partial charge in [0.1, 0.15) is 5.69 Å². The Labute approximate surface area is 219 Å². The van der Waals surface area contributed by atoms with E-state index >= 15 is 0 Å². The quantitative estimate of drug-likeness (QED) is 0.411. The van der Waals surface area contributed by atoms with Gasteiger partial charge in [-0.3, -0.25) is 0 Å². The van der Waals surface area contributed by atoms with Gasteiger partial charge in [0.25, 0.3) is 0 Å². The number of carbonyl (C=O) groups is 2. The van der Waals surface area contributed by atoms with Crippen LogP contribution in [0.2, 0.25) is 0 Å². The van der Waals surface area contributed by atoms with Gasteiger partial charge in [-0.05, 0) is 74.9 Å². The summed E-state index contributed by atoms with van der Waals surface area (Å²) in [5, 5.41) is 0. The molecule has 10 heteroatoms. The van der Waals surface area contributed by atoms with Crippen molar-refractivity contribution in [3.05, 3.63) is 74.8 Å². The number of aromatic nitrogens is 1. The molecule has 2 aromatic rings. The van der Waals surface area contributed by atoms with Crippen LogP contribution in [-0.4, -0.2) is 49.1 Å². The lowest BCUT2D eigenvalue weighted by molar-refractivity contribution is -0.216. The smallest absolute Gasteiger partial charge is 0.418 e. The highest BCUT2D eigenvalue weighted by Crippen LogP contribution is 2.44. The summed E-state index contributed by atoms with van der Waals surface area (Å²) in [6.07, 6.45) is -6.93. The van der Waals surface area contributed by atoms with Crippen molar-refractivity contribution in [2.75, 3.05) is 20.3 Å². The second-order valence-electron chi connectivity index (χ2n) is 8.74. The number of aromatic amines is 1. The van der Waals surface area contributed by atoms with E-state index in [4.69, 9.17) is 14.2 Å². The molecule has 0 saturated heterocycles. The molecule has 7 nitrogen and oxygen atoms in total. The molecule has 1 unspecified atom stereocenters. The zero-order valence-corrected chi connectivity index (χ0v) is 22.4. The monoisotopic (exact) mass is 532 g/mol. The summed E-state index contributed by atoms with van der Waals surface area (Å²) in [6.45, 7) is 10.5. The number of benzene rings is 1. The van der Waals surface area contributed by atoms with Crippen LogP contribution < -0.4 is 0 Å². The number of carbonyl (C=O) groups excluding carboxylic acids is 2. The van der Waals surface area contributed by atoms with E-state index in [1.807, 2.05) is 0 Å². The normalized spacial score (nSPS) is 15.9. The molecule has 0 aliphatic carbocycles. The molecule has 0 spiro atoms. The molecule has 3 rings (SSSR count). The number of aliphatic imine (C=N–C) groups is 1. The van der Waals surface area contributed by atoms with Crippen LogP contribution >= 0.6 is 0 Å². The lowest BCUT2D eigenvalue weighted by atomic mass is 9.89. The number of hydrogen-bond donors (Lipinski definition) is 1. The minimum absolute atomic E-state index is 0.0694. The molecule has 0 radical (unpaired) electrons. The average molecular weight is 533 g/mol. The molecule has 38 heavy (non-hydrogen) atoms. The zero-order valence-electron chi connectivity index (χ0n) is 22.4. The fourth-order valence-corrected chi connectivity index (χ4v) is 4.39. The molecule has 1 atom stereocenters. The molecule has 0 amide bonds. The van der Waals surface area contributed by atoms with E-state index in [1.165, 1.54) is 18.2 Å². The molecule has 0 bridgehead atoms. The first kappa shape index (κ1) is 28.9. The molecule has 1 N–H and O–H groups in total. The highest BCUT2D eigenvalue weighted by molar-refractivity contribution is 6.44. The number of nitrogens with zero attached hydrogens (tertiary/aromatic N) is 1. The standard InChI is InChI=1S/C28H31F3N2O5/c1-8-37-26(34)23-16(5)14(3)21(32-23)20(22-15(4)17(6)24(33-22)27(35)38-9-2)18-12-10-11-13-19(18)25(36-7)28(29,30)31/h10-13,25,32H,8-9H2,1-7H3/b22-20-. The van der Waals surface area contributed by atoms with Crippen molar-refractivity contribution in [1.82, 2.24) is 4.98 Å². The third kappa shape index (κ3) is 5.31. The van der Waals surface area contributed by atoms with Crippen molar-refractivity contribution in [3.63, 3.8) is 0 Å². The van der Waals surface area contributed by atoms with E-state index in [0.717, 1.165) is 7.11 Å². The van der Waals surface area contributed by atoms with Gasteiger partial charge in [-0.1, -0.05) is 24.3 Å². The van der Waals surface area contributed by atoms with E-state index in [2.05, 4.69) is 9.98 Å². The summed E-state index contributed by atoms with van der Waals surface area (Å²) in [7, 11) is 0.993. The van der Waals surface area contributed by atoms with Crippen molar-refractivity contribution in [2.24, 2.45) is 4.99 Å². The van der Waals surface area contributed by atoms with Gasteiger partial charge in [-0.15, -0.1) is 0 Å².